The molecule has 0 aromatic heterocycles. The third-order valence-electron chi connectivity index (χ3n) is 6.18. The number of hydrogen-bond donors (Lipinski definition) is 1. The number of carbonyl (C=O) groups excluding carboxylic acids is 2. The molecule has 0 radical (unpaired) electrons. The Morgan fingerprint density at radius 3 is 1.71 bits per heavy atom. The van der Waals surface area contributed by atoms with E-state index >= 15 is 0 Å². The molecule has 0 saturated carbocycles. The molecular weight excluding hydrogens is 659 g/mol. The lowest BCUT2D eigenvalue weighted by Gasteiger charge is -2.33. The monoisotopic (exact) mass is 700 g/mol. The molecule has 1 atom stereocenters. The van der Waals surface area contributed by atoms with Gasteiger partial charge >= 0.3 is 35.9 Å². The summed E-state index contributed by atoms with van der Waals surface area (Å²) in [6.07, 6.45) is 1.61. The third kappa shape index (κ3) is 17.3. The molecule has 268 valence electrons. The highest BCUT2D eigenvalue weighted by Gasteiger charge is 2.81. The van der Waals surface area contributed by atoms with Gasteiger partial charge in [-0.25, -0.2) is 5.26 Å². The summed E-state index contributed by atoms with van der Waals surface area (Å²) in [5, 5.41) is 9.64. The third-order valence-corrected chi connectivity index (χ3v) is 6.91. The molecule has 19 heteroatoms. The number of unbranched alkanes of at least 4 members (excludes halogenated alkanes) is 9. The van der Waals surface area contributed by atoms with Crippen molar-refractivity contribution in [3.05, 3.63) is 0 Å². The second-order valence-electron chi connectivity index (χ2n) is 9.83. The predicted molar refractivity (Wildman–Crippen MR) is 142 cm³/mol. The number of esters is 2. The summed E-state index contributed by atoms with van der Waals surface area (Å²) in [5.74, 6) is -22.7. The minimum atomic E-state index is -7.09. The number of halogens is 9. The van der Waals surface area contributed by atoms with Crippen LogP contribution in [0, 0.1) is 0 Å². The molecule has 0 saturated heterocycles. The van der Waals surface area contributed by atoms with Gasteiger partial charge in [-0.3, -0.25) is 9.59 Å². The summed E-state index contributed by atoms with van der Waals surface area (Å²) in [6.45, 7) is 1.13. The van der Waals surface area contributed by atoms with Crippen LogP contribution in [0.3, 0.4) is 0 Å². The first-order chi connectivity index (χ1) is 21.0. The molecule has 0 spiro atoms. The average Bonchev–Trinajstić information content (AvgIpc) is 2.95. The quantitative estimate of drug-likeness (QED) is 0.0218. The van der Waals surface area contributed by atoms with E-state index in [4.69, 9.17) is 19.5 Å². The van der Waals surface area contributed by atoms with E-state index in [1.807, 2.05) is 0 Å². The van der Waals surface area contributed by atoms with Gasteiger partial charge in [-0.1, -0.05) is 69.7 Å². The maximum atomic E-state index is 13.6. The molecular formula is C26H41F9O9S. The van der Waals surface area contributed by atoms with Gasteiger partial charge in [0.1, 0.15) is 11.9 Å². The largest absolute Gasteiger partial charge is 0.465 e. The van der Waals surface area contributed by atoms with Gasteiger partial charge in [-0.15, -0.1) is 4.33 Å². The number of rotatable bonds is 28. The molecule has 45 heavy (non-hydrogen) atoms. The minimum Gasteiger partial charge on any atom is -0.465 e. The Morgan fingerprint density at radius 2 is 1.18 bits per heavy atom. The van der Waals surface area contributed by atoms with Gasteiger partial charge < -0.3 is 18.9 Å². The van der Waals surface area contributed by atoms with Crippen LogP contribution in [0.2, 0.25) is 0 Å². The zero-order valence-corrected chi connectivity index (χ0v) is 25.6. The van der Waals surface area contributed by atoms with Gasteiger partial charge in [-0.2, -0.15) is 39.5 Å². The van der Waals surface area contributed by atoms with Gasteiger partial charge in [0.2, 0.25) is 0 Å². The van der Waals surface area contributed by atoms with Crippen LogP contribution in [-0.2, 0) is 37.9 Å². The molecule has 0 heterocycles. The van der Waals surface area contributed by atoms with E-state index in [0.717, 1.165) is 19.3 Å². The Labute approximate surface area is 259 Å². The lowest BCUT2D eigenvalue weighted by molar-refractivity contribution is -0.432. The molecule has 0 rings (SSSR count). The van der Waals surface area contributed by atoms with Gasteiger partial charge in [-0.05, 0) is 6.42 Å². The van der Waals surface area contributed by atoms with E-state index < -0.39 is 60.6 Å². The van der Waals surface area contributed by atoms with Crippen molar-refractivity contribution in [1.82, 2.24) is 0 Å². The van der Waals surface area contributed by atoms with Crippen LogP contribution >= 0.6 is 12.0 Å². The highest BCUT2D eigenvalue weighted by molar-refractivity contribution is 7.95. The Kier molecular flexibility index (Phi) is 22.1. The number of ether oxygens (including phenoxy) is 4. The zero-order chi connectivity index (χ0) is 34.4. The summed E-state index contributed by atoms with van der Waals surface area (Å²) >= 11 is -0.105. The van der Waals surface area contributed by atoms with Crippen molar-refractivity contribution in [3.63, 3.8) is 0 Å². The zero-order valence-electron chi connectivity index (χ0n) is 24.8. The topological polar surface area (TPSA) is 110 Å². The highest BCUT2D eigenvalue weighted by atomic mass is 32.2. The lowest BCUT2D eigenvalue weighted by atomic mass is 10.0. The Bertz CT molecular complexity index is 806. The molecule has 0 aromatic carbocycles. The standard InChI is InChI=1S/C26H41F9O9S/c1-2-3-4-5-6-7-8-9-10-11-13-39-15-16-40-17-18-41-21(36)19-20(45-44-43-38)22(37)42-14-12-23(27,28)24(29,30)25(31,32)26(33,34)35/h20,38H,2-19H2,1H3. The van der Waals surface area contributed by atoms with E-state index in [9.17, 15) is 49.1 Å². The van der Waals surface area contributed by atoms with Crippen LogP contribution in [0.25, 0.3) is 0 Å². The van der Waals surface area contributed by atoms with Gasteiger partial charge in [0.15, 0.2) is 0 Å². The van der Waals surface area contributed by atoms with Crippen LogP contribution in [0.1, 0.15) is 84.0 Å². The van der Waals surface area contributed by atoms with Crippen molar-refractivity contribution in [1.29, 1.82) is 0 Å². The fourth-order valence-electron chi connectivity index (χ4n) is 3.60. The molecule has 0 bridgehead atoms. The highest BCUT2D eigenvalue weighted by Crippen LogP contribution is 2.54. The first-order valence-corrected chi connectivity index (χ1v) is 15.2. The summed E-state index contributed by atoms with van der Waals surface area (Å²) < 4.78 is 140. The number of carbonyl (C=O) groups is 2. The van der Waals surface area contributed by atoms with E-state index in [-0.39, 0.29) is 31.9 Å². The van der Waals surface area contributed by atoms with E-state index in [2.05, 4.69) is 21.0 Å². The van der Waals surface area contributed by atoms with Crippen LogP contribution in [0.5, 0.6) is 0 Å². The maximum Gasteiger partial charge on any atom is 0.460 e. The van der Waals surface area contributed by atoms with Crippen LogP contribution < -0.4 is 0 Å². The van der Waals surface area contributed by atoms with E-state index in [0.29, 0.717) is 13.2 Å². The van der Waals surface area contributed by atoms with Crippen molar-refractivity contribution >= 4 is 24.0 Å². The van der Waals surface area contributed by atoms with Gasteiger partial charge in [0.25, 0.3) is 0 Å². The molecule has 0 aromatic rings. The molecule has 0 aliphatic rings. The lowest BCUT2D eigenvalue weighted by Crippen LogP contribution is -2.61. The number of hydrogen-bond acceptors (Lipinski definition) is 10. The molecule has 0 amide bonds. The molecule has 1 unspecified atom stereocenters. The molecule has 1 N–H and O–H groups in total. The Morgan fingerprint density at radius 1 is 0.667 bits per heavy atom. The Balaban J connectivity index is 4.26. The normalized spacial score (nSPS) is 13.6. The first kappa shape index (κ1) is 43.5. The second-order valence-corrected chi connectivity index (χ2v) is 10.7. The minimum absolute atomic E-state index is 0.0717. The van der Waals surface area contributed by atoms with Crippen molar-refractivity contribution in [2.24, 2.45) is 0 Å². The van der Waals surface area contributed by atoms with Crippen molar-refractivity contribution in [3.8, 4) is 0 Å². The molecule has 0 aliphatic heterocycles. The molecule has 9 nitrogen and oxygen atoms in total. The maximum absolute atomic E-state index is 13.6. The molecule has 0 aliphatic carbocycles. The summed E-state index contributed by atoms with van der Waals surface area (Å²) in [4.78, 5) is 24.0. The molecule has 0 fully saturated rings. The summed E-state index contributed by atoms with van der Waals surface area (Å²) in [7, 11) is 0. The smallest absolute Gasteiger partial charge is 0.460 e. The van der Waals surface area contributed by atoms with Crippen LogP contribution in [0.4, 0.5) is 39.5 Å². The second kappa shape index (κ2) is 22.9. The first-order valence-electron chi connectivity index (χ1n) is 14.4. The van der Waals surface area contributed by atoms with E-state index in [1.54, 1.807) is 0 Å². The van der Waals surface area contributed by atoms with E-state index in [1.165, 1.54) is 44.9 Å². The fourth-order valence-corrected chi connectivity index (χ4v) is 4.08. The van der Waals surface area contributed by atoms with Crippen molar-refractivity contribution < 1.29 is 82.7 Å². The van der Waals surface area contributed by atoms with Gasteiger partial charge in [0, 0.05) is 6.61 Å². The van der Waals surface area contributed by atoms with Gasteiger partial charge in [0.05, 0.1) is 51.3 Å². The predicted octanol–water partition coefficient (Wildman–Crippen LogP) is 7.71. The summed E-state index contributed by atoms with van der Waals surface area (Å²) in [6, 6.07) is 0. The SMILES string of the molecule is CCCCCCCCCCCCOCCOCCOC(=O)CC(SOOO)C(=O)OCCC(F)(F)C(F)(F)C(F)(F)C(F)(F)F. The average molecular weight is 701 g/mol. The fraction of sp³-hybridized carbons (Fsp3) is 0.923. The van der Waals surface area contributed by atoms with Crippen LogP contribution in [0.15, 0.2) is 0 Å². The van der Waals surface area contributed by atoms with Crippen molar-refractivity contribution in [2.45, 2.75) is 113 Å². The van der Waals surface area contributed by atoms with Crippen molar-refractivity contribution in [2.75, 3.05) is 39.6 Å². The number of alkyl halides is 9. The Hall–Kier alpha value is -1.54. The van der Waals surface area contributed by atoms with Crippen LogP contribution in [-0.4, -0.2) is 86.0 Å². The summed E-state index contributed by atoms with van der Waals surface area (Å²) in [5.41, 5.74) is 0.